The molecule has 0 fully saturated rings. The van der Waals surface area contributed by atoms with Crippen molar-refractivity contribution in [2.45, 2.75) is 154 Å². The van der Waals surface area contributed by atoms with E-state index >= 15 is 0 Å². The summed E-state index contributed by atoms with van der Waals surface area (Å²) in [7, 11) is 5.49. The molecule has 41 heavy (non-hydrogen) atoms. The van der Waals surface area contributed by atoms with Crippen molar-refractivity contribution in [2.75, 3.05) is 41.0 Å². The average molecular weight is 587 g/mol. The Kier molecular flexibility index (Phi) is 24.9. The van der Waals surface area contributed by atoms with Crippen LogP contribution in [0.2, 0.25) is 0 Å². The molecule has 0 rings (SSSR count). The van der Waals surface area contributed by atoms with Gasteiger partial charge in [0.2, 0.25) is 0 Å². The maximum atomic E-state index is 12.5. The van der Waals surface area contributed by atoms with Crippen LogP contribution < -0.4 is 0 Å². The second-order valence-electron chi connectivity index (χ2n) is 12.4. The van der Waals surface area contributed by atoms with Gasteiger partial charge in [0.25, 0.3) is 0 Å². The molecule has 0 saturated carbocycles. The number of hydrogen-bond acceptors (Lipinski definition) is 6. The first-order chi connectivity index (χ1) is 19.6. The van der Waals surface area contributed by atoms with Crippen molar-refractivity contribution in [2.24, 2.45) is 0 Å². The lowest BCUT2D eigenvalue weighted by Crippen LogP contribution is -2.50. The van der Waals surface area contributed by atoms with Crippen LogP contribution in [0.15, 0.2) is 0 Å². The number of unbranched alkanes of at least 4 members (excludes halogenated alkanes) is 15. The molecule has 0 radical (unpaired) electrons. The van der Waals surface area contributed by atoms with Gasteiger partial charge in [-0.05, 0) is 12.8 Å². The van der Waals surface area contributed by atoms with E-state index in [4.69, 9.17) is 14.2 Å². The van der Waals surface area contributed by atoms with E-state index in [1.807, 2.05) is 28.1 Å². The molecule has 0 aromatic rings. The van der Waals surface area contributed by atoms with Crippen LogP contribution in [0.25, 0.3) is 0 Å². The van der Waals surface area contributed by atoms with Crippen LogP contribution in [0.1, 0.15) is 142 Å². The van der Waals surface area contributed by atoms with Gasteiger partial charge in [0.1, 0.15) is 6.61 Å². The number of carbonyl (C=O) groups excluding carboxylic acids is 2. The normalized spacial score (nSPS) is 13.1. The number of rotatable bonds is 29. The summed E-state index contributed by atoms with van der Waals surface area (Å²) in [5.41, 5.74) is 0. The second-order valence-corrected chi connectivity index (χ2v) is 12.4. The lowest BCUT2D eigenvalue weighted by molar-refractivity contribution is -0.887. The molecular formula is C33H64NO7+. The Morgan fingerprint density at radius 3 is 1.56 bits per heavy atom. The van der Waals surface area contributed by atoms with Crippen molar-refractivity contribution < 1.29 is 38.2 Å². The number of ether oxygens (including phenoxy) is 3. The summed E-state index contributed by atoms with van der Waals surface area (Å²) in [5, 5.41) is 9.49. The van der Waals surface area contributed by atoms with Crippen LogP contribution in [0.3, 0.4) is 0 Å². The number of hydrogen-bond donors (Lipinski definition) is 1. The molecule has 2 unspecified atom stereocenters. The predicted octanol–water partition coefficient (Wildman–Crippen LogP) is 7.46. The molecule has 1 N–H and O–H groups in total. The summed E-state index contributed by atoms with van der Waals surface area (Å²) in [4.78, 5) is 36.0. The van der Waals surface area contributed by atoms with Gasteiger partial charge in [-0.15, -0.1) is 0 Å². The summed E-state index contributed by atoms with van der Waals surface area (Å²) in [5.74, 6) is -1.50. The maximum Gasteiger partial charge on any atom is 0.362 e. The van der Waals surface area contributed by atoms with Crippen LogP contribution in [0.5, 0.6) is 0 Å². The molecule has 242 valence electrons. The Bertz CT molecular complexity index is 662. The van der Waals surface area contributed by atoms with E-state index in [1.54, 1.807) is 0 Å². The van der Waals surface area contributed by atoms with Crippen molar-refractivity contribution in [3.63, 3.8) is 0 Å². The predicted molar refractivity (Wildman–Crippen MR) is 165 cm³/mol. The van der Waals surface area contributed by atoms with Crippen LogP contribution in [-0.4, -0.2) is 80.6 Å². The number of carboxylic acid groups (broad SMARTS) is 1. The third-order valence-electron chi connectivity index (χ3n) is 7.51. The molecule has 0 aliphatic rings. The number of esters is 2. The van der Waals surface area contributed by atoms with Crippen LogP contribution >= 0.6 is 0 Å². The zero-order chi connectivity index (χ0) is 30.8. The molecule has 2 atom stereocenters. The van der Waals surface area contributed by atoms with E-state index in [9.17, 15) is 19.5 Å². The number of likely N-dealkylation sites (N-methyl/N-ethyl adjacent to an activating group) is 1. The van der Waals surface area contributed by atoms with Gasteiger partial charge in [-0.2, -0.15) is 0 Å². The number of nitrogens with zero attached hydrogens (tertiary/aromatic N) is 1. The third kappa shape index (κ3) is 24.6. The van der Waals surface area contributed by atoms with Gasteiger partial charge in [-0.3, -0.25) is 9.59 Å². The Balaban J connectivity index is 4.18. The molecule has 8 nitrogen and oxygen atoms in total. The van der Waals surface area contributed by atoms with Crippen molar-refractivity contribution in [1.82, 2.24) is 0 Å². The monoisotopic (exact) mass is 586 g/mol. The molecule has 0 saturated heterocycles. The van der Waals surface area contributed by atoms with E-state index < -0.39 is 18.1 Å². The van der Waals surface area contributed by atoms with E-state index in [0.717, 1.165) is 32.1 Å². The van der Waals surface area contributed by atoms with Gasteiger partial charge in [-0.1, -0.05) is 110 Å². The minimum atomic E-state index is -0.877. The van der Waals surface area contributed by atoms with E-state index in [2.05, 4.69) is 6.92 Å². The Hall–Kier alpha value is -1.67. The average Bonchev–Trinajstić information content (AvgIpc) is 2.91. The molecule has 0 heterocycles. The molecule has 0 amide bonds. The van der Waals surface area contributed by atoms with Gasteiger partial charge in [0.05, 0.1) is 34.4 Å². The highest BCUT2D eigenvalue weighted by Gasteiger charge is 2.31. The van der Waals surface area contributed by atoms with Crippen molar-refractivity contribution in [3.05, 3.63) is 0 Å². The largest absolute Gasteiger partial charge is 0.477 e. The number of carbonyl (C=O) groups is 3. The first-order valence-electron chi connectivity index (χ1n) is 16.6. The van der Waals surface area contributed by atoms with E-state index in [-0.39, 0.29) is 36.2 Å². The number of quaternary nitrogens is 1. The molecule has 0 bridgehead atoms. The van der Waals surface area contributed by atoms with Gasteiger partial charge < -0.3 is 23.8 Å². The highest BCUT2D eigenvalue weighted by molar-refractivity contribution is 5.72. The number of aliphatic carboxylic acids is 1. The molecule has 0 aliphatic carbocycles. The highest BCUT2D eigenvalue weighted by atomic mass is 16.6. The minimum Gasteiger partial charge on any atom is -0.477 e. The summed E-state index contributed by atoms with van der Waals surface area (Å²) in [6.07, 6.45) is 21.0. The van der Waals surface area contributed by atoms with Crippen molar-refractivity contribution in [3.8, 4) is 0 Å². The fraction of sp³-hybridized carbons (Fsp3) is 0.909. The van der Waals surface area contributed by atoms with E-state index in [1.165, 1.54) is 77.0 Å². The summed E-state index contributed by atoms with van der Waals surface area (Å²) >= 11 is 0. The minimum absolute atomic E-state index is 0.0508. The lowest BCUT2D eigenvalue weighted by atomic mass is 10.0. The zero-order valence-corrected chi connectivity index (χ0v) is 27.3. The Labute approximate surface area is 251 Å². The fourth-order valence-corrected chi connectivity index (χ4v) is 4.83. The van der Waals surface area contributed by atoms with Crippen LogP contribution in [0, 0.1) is 0 Å². The molecule has 0 aromatic carbocycles. The van der Waals surface area contributed by atoms with Crippen LogP contribution in [-0.2, 0) is 28.6 Å². The Morgan fingerprint density at radius 1 is 0.634 bits per heavy atom. The number of carboxylic acids is 1. The molecule has 0 aromatic heterocycles. The molecule has 0 aliphatic heterocycles. The maximum absolute atomic E-state index is 12.5. The fourth-order valence-electron chi connectivity index (χ4n) is 4.83. The molecule has 8 heteroatoms. The first kappa shape index (κ1) is 39.3. The van der Waals surface area contributed by atoms with Crippen molar-refractivity contribution >= 4 is 17.9 Å². The lowest BCUT2D eigenvalue weighted by Gasteiger charge is -2.31. The summed E-state index contributed by atoms with van der Waals surface area (Å²) in [6, 6.07) is -0.604. The standard InChI is InChI=1S/C33H63NO7/c1-6-8-10-11-12-13-14-15-16-17-18-19-20-21-22-24-32(36)41-29(28-40-31(35)23-9-7-2)27-39-26-25-30(33(37)38)34(3,4)5/h29-30H,6-28H2,1-5H3/p+1. The second kappa shape index (κ2) is 26.0. The van der Waals surface area contributed by atoms with Crippen molar-refractivity contribution in [1.29, 1.82) is 0 Å². The quantitative estimate of drug-likeness (QED) is 0.0552. The zero-order valence-electron chi connectivity index (χ0n) is 27.3. The molecule has 0 spiro atoms. The van der Waals surface area contributed by atoms with Crippen LogP contribution in [0.4, 0.5) is 0 Å². The van der Waals surface area contributed by atoms with E-state index in [0.29, 0.717) is 19.3 Å². The van der Waals surface area contributed by atoms with Gasteiger partial charge in [-0.25, -0.2) is 4.79 Å². The third-order valence-corrected chi connectivity index (χ3v) is 7.51. The highest BCUT2D eigenvalue weighted by Crippen LogP contribution is 2.14. The SMILES string of the molecule is CCCCCCCCCCCCCCCCCC(=O)OC(COCCC(C(=O)O)[N+](C)(C)C)COC(=O)CCCC. The van der Waals surface area contributed by atoms with Gasteiger partial charge in [0.15, 0.2) is 12.1 Å². The first-order valence-corrected chi connectivity index (χ1v) is 16.6. The Morgan fingerprint density at radius 2 is 1.10 bits per heavy atom. The smallest absolute Gasteiger partial charge is 0.362 e. The summed E-state index contributed by atoms with van der Waals surface area (Å²) in [6.45, 7) is 4.49. The van der Waals surface area contributed by atoms with Gasteiger partial charge in [0, 0.05) is 19.3 Å². The molecular weight excluding hydrogens is 522 g/mol. The topological polar surface area (TPSA) is 99.1 Å². The van der Waals surface area contributed by atoms with Gasteiger partial charge >= 0.3 is 17.9 Å². The summed E-state index contributed by atoms with van der Waals surface area (Å²) < 4.78 is 16.9.